The summed E-state index contributed by atoms with van der Waals surface area (Å²) >= 11 is 0. The third kappa shape index (κ3) is 3.02. The summed E-state index contributed by atoms with van der Waals surface area (Å²) in [4.78, 5) is 14.4. The molecule has 1 aliphatic rings. The number of ether oxygens (including phenoxy) is 1. The fraction of sp³-hybridized carbons (Fsp3) is 0.857. The monoisotopic (exact) mass is 252 g/mol. The number of hydrogen-bond acceptors (Lipinski definition) is 3. The topological polar surface area (TPSA) is 53.3 Å². The predicted octanol–water partition coefficient (Wildman–Crippen LogP) is 2.20. The van der Waals surface area contributed by atoms with E-state index in [0.29, 0.717) is 13.0 Å². The number of nitriles is 1. The van der Waals surface area contributed by atoms with Crippen molar-refractivity contribution in [2.45, 2.75) is 59.3 Å². The van der Waals surface area contributed by atoms with Crippen molar-refractivity contribution in [1.29, 1.82) is 5.26 Å². The van der Waals surface area contributed by atoms with Gasteiger partial charge >= 0.3 is 0 Å². The van der Waals surface area contributed by atoms with Gasteiger partial charge in [-0.05, 0) is 33.6 Å². The minimum absolute atomic E-state index is 0.0363. The number of nitrogens with zero attached hydrogens (tertiary/aromatic N) is 2. The van der Waals surface area contributed by atoms with E-state index < -0.39 is 0 Å². The van der Waals surface area contributed by atoms with Crippen LogP contribution in [0.15, 0.2) is 0 Å². The standard InChI is InChI=1S/C14H24N2O2/c1-9(2)16(8-6-7-15)14(17)13-10(3)11(4)18-12(13)5/h9-13H,6,8H2,1-5H3. The zero-order valence-electron chi connectivity index (χ0n) is 12.0. The van der Waals surface area contributed by atoms with Crippen molar-refractivity contribution in [3.8, 4) is 6.07 Å². The van der Waals surface area contributed by atoms with E-state index in [9.17, 15) is 4.79 Å². The van der Waals surface area contributed by atoms with Crippen LogP contribution in [0, 0.1) is 23.2 Å². The molecule has 0 bridgehead atoms. The van der Waals surface area contributed by atoms with Gasteiger partial charge in [0.15, 0.2) is 0 Å². The zero-order valence-corrected chi connectivity index (χ0v) is 12.0. The van der Waals surface area contributed by atoms with Gasteiger partial charge in [-0.1, -0.05) is 6.92 Å². The number of rotatable bonds is 4. The molecular weight excluding hydrogens is 228 g/mol. The van der Waals surface area contributed by atoms with E-state index in [1.165, 1.54) is 0 Å². The van der Waals surface area contributed by atoms with Gasteiger partial charge in [0.2, 0.25) is 5.91 Å². The van der Waals surface area contributed by atoms with E-state index in [0.717, 1.165) is 0 Å². The summed E-state index contributed by atoms with van der Waals surface area (Å²) in [6.45, 7) is 10.5. The Balaban J connectivity index is 2.80. The van der Waals surface area contributed by atoms with Crippen LogP contribution in [0.5, 0.6) is 0 Å². The van der Waals surface area contributed by atoms with Crippen molar-refractivity contribution in [3.63, 3.8) is 0 Å². The summed E-state index contributed by atoms with van der Waals surface area (Å²) in [5.41, 5.74) is 0. The molecule has 1 heterocycles. The maximum Gasteiger partial charge on any atom is 0.228 e. The summed E-state index contributed by atoms with van der Waals surface area (Å²) in [6, 6.07) is 2.23. The first-order valence-electron chi connectivity index (χ1n) is 6.73. The normalized spacial score (nSPS) is 31.4. The van der Waals surface area contributed by atoms with Crippen LogP contribution in [0.4, 0.5) is 0 Å². The molecular formula is C14H24N2O2. The molecule has 4 atom stereocenters. The first kappa shape index (κ1) is 15.0. The maximum absolute atomic E-state index is 12.6. The number of carbonyl (C=O) groups excluding carboxylic acids is 1. The van der Waals surface area contributed by atoms with Gasteiger partial charge in [-0.3, -0.25) is 4.79 Å². The molecule has 0 N–H and O–H groups in total. The van der Waals surface area contributed by atoms with Crippen LogP contribution in [-0.2, 0) is 9.53 Å². The molecule has 0 aromatic heterocycles. The lowest BCUT2D eigenvalue weighted by atomic mass is 9.88. The van der Waals surface area contributed by atoms with E-state index in [1.54, 1.807) is 0 Å². The van der Waals surface area contributed by atoms with Gasteiger partial charge in [0, 0.05) is 12.6 Å². The molecule has 1 aliphatic heterocycles. The Morgan fingerprint density at radius 2 is 1.94 bits per heavy atom. The second-order valence-electron chi connectivity index (χ2n) is 5.46. The summed E-state index contributed by atoms with van der Waals surface area (Å²) in [5, 5.41) is 8.68. The average Bonchev–Trinajstić information content (AvgIpc) is 2.53. The second kappa shape index (κ2) is 6.19. The van der Waals surface area contributed by atoms with Gasteiger partial charge in [0.1, 0.15) is 0 Å². The van der Waals surface area contributed by atoms with Gasteiger partial charge in [-0.2, -0.15) is 5.26 Å². The van der Waals surface area contributed by atoms with E-state index in [1.807, 2.05) is 32.6 Å². The van der Waals surface area contributed by atoms with Gasteiger partial charge in [0.25, 0.3) is 0 Å². The fourth-order valence-electron chi connectivity index (χ4n) is 2.68. The molecule has 0 saturated carbocycles. The van der Waals surface area contributed by atoms with Crippen molar-refractivity contribution < 1.29 is 9.53 Å². The van der Waals surface area contributed by atoms with Crippen LogP contribution in [0.1, 0.15) is 41.0 Å². The Bertz CT molecular complexity index is 335. The quantitative estimate of drug-likeness (QED) is 0.770. The molecule has 1 fully saturated rings. The van der Waals surface area contributed by atoms with Gasteiger partial charge in [-0.25, -0.2) is 0 Å². The molecule has 102 valence electrons. The Kier molecular flexibility index (Phi) is 5.15. The molecule has 0 aliphatic carbocycles. The van der Waals surface area contributed by atoms with Crippen LogP contribution in [-0.4, -0.2) is 35.6 Å². The van der Waals surface area contributed by atoms with Gasteiger partial charge < -0.3 is 9.64 Å². The third-order valence-corrected chi connectivity index (χ3v) is 3.90. The minimum atomic E-state index is -0.0823. The fourth-order valence-corrected chi connectivity index (χ4v) is 2.68. The largest absolute Gasteiger partial charge is 0.374 e. The predicted molar refractivity (Wildman–Crippen MR) is 69.7 cm³/mol. The number of hydrogen-bond donors (Lipinski definition) is 0. The Hall–Kier alpha value is -1.08. The van der Waals surface area contributed by atoms with E-state index in [2.05, 4.69) is 13.0 Å². The zero-order chi connectivity index (χ0) is 13.9. The average molecular weight is 252 g/mol. The molecule has 0 aromatic carbocycles. The maximum atomic E-state index is 12.6. The molecule has 0 spiro atoms. The second-order valence-corrected chi connectivity index (χ2v) is 5.46. The number of amides is 1. The highest BCUT2D eigenvalue weighted by atomic mass is 16.5. The third-order valence-electron chi connectivity index (χ3n) is 3.90. The van der Waals surface area contributed by atoms with Crippen molar-refractivity contribution in [2.75, 3.05) is 6.54 Å². The molecule has 4 unspecified atom stereocenters. The van der Waals surface area contributed by atoms with Crippen molar-refractivity contribution >= 4 is 5.91 Å². The lowest BCUT2D eigenvalue weighted by Gasteiger charge is -2.31. The van der Waals surface area contributed by atoms with Gasteiger partial charge in [-0.15, -0.1) is 0 Å². The van der Waals surface area contributed by atoms with Crippen molar-refractivity contribution in [1.82, 2.24) is 4.90 Å². The van der Waals surface area contributed by atoms with Crippen LogP contribution in [0.2, 0.25) is 0 Å². The lowest BCUT2D eigenvalue weighted by molar-refractivity contribution is -0.139. The molecule has 1 rings (SSSR count). The van der Waals surface area contributed by atoms with Crippen molar-refractivity contribution in [3.05, 3.63) is 0 Å². The van der Waals surface area contributed by atoms with Gasteiger partial charge in [0.05, 0.1) is 30.6 Å². The Morgan fingerprint density at radius 1 is 1.33 bits per heavy atom. The van der Waals surface area contributed by atoms with Crippen LogP contribution < -0.4 is 0 Å². The molecule has 1 saturated heterocycles. The van der Waals surface area contributed by atoms with E-state index in [-0.39, 0.29) is 36.0 Å². The van der Waals surface area contributed by atoms with Crippen LogP contribution >= 0.6 is 0 Å². The first-order chi connectivity index (χ1) is 8.40. The minimum Gasteiger partial charge on any atom is -0.374 e. The summed E-state index contributed by atoms with van der Waals surface area (Å²) in [5.74, 6) is 0.279. The molecule has 18 heavy (non-hydrogen) atoms. The van der Waals surface area contributed by atoms with Crippen LogP contribution in [0.3, 0.4) is 0 Å². The SMILES string of the molecule is CC1OC(C)C(C(=O)N(CCC#N)C(C)C)C1C. The van der Waals surface area contributed by atoms with E-state index >= 15 is 0 Å². The highest BCUT2D eigenvalue weighted by Gasteiger charge is 2.43. The smallest absolute Gasteiger partial charge is 0.228 e. The van der Waals surface area contributed by atoms with Crippen LogP contribution in [0.25, 0.3) is 0 Å². The summed E-state index contributed by atoms with van der Waals surface area (Å²) in [7, 11) is 0. The highest BCUT2D eigenvalue weighted by Crippen LogP contribution is 2.33. The summed E-state index contributed by atoms with van der Waals surface area (Å²) < 4.78 is 5.73. The van der Waals surface area contributed by atoms with Crippen molar-refractivity contribution in [2.24, 2.45) is 11.8 Å². The Labute approximate surface area is 110 Å². The molecule has 0 aromatic rings. The van der Waals surface area contributed by atoms with E-state index in [4.69, 9.17) is 10.00 Å². The number of carbonyl (C=O) groups is 1. The Morgan fingerprint density at radius 3 is 2.33 bits per heavy atom. The molecule has 1 amide bonds. The lowest BCUT2D eigenvalue weighted by Crippen LogP contribution is -2.45. The molecule has 4 nitrogen and oxygen atoms in total. The molecule has 4 heteroatoms. The summed E-state index contributed by atoms with van der Waals surface area (Å²) in [6.07, 6.45) is 0.472. The highest BCUT2D eigenvalue weighted by molar-refractivity contribution is 5.80. The first-order valence-corrected chi connectivity index (χ1v) is 6.73. The molecule has 0 radical (unpaired) electrons.